The maximum atomic E-state index is 14.5. The molecule has 2 heterocycles. The average Bonchev–Trinajstić information content (AvgIpc) is 3.59. The average molecular weight is 580 g/mol. The third-order valence-corrected chi connectivity index (χ3v) is 9.35. The fourth-order valence-electron chi connectivity index (χ4n) is 7.10. The topological polar surface area (TPSA) is 43.9 Å². The van der Waals surface area contributed by atoms with Crippen LogP contribution in [0.2, 0.25) is 5.02 Å². The molecule has 3 aliphatic rings. The number of nitrogens with zero attached hydrogens (tertiary/aromatic N) is 3. The van der Waals surface area contributed by atoms with Crippen LogP contribution >= 0.6 is 11.6 Å². The highest BCUT2D eigenvalue weighted by Crippen LogP contribution is 2.61. The van der Waals surface area contributed by atoms with E-state index in [-0.39, 0.29) is 24.0 Å². The summed E-state index contributed by atoms with van der Waals surface area (Å²) in [6.45, 7) is 2.13. The third kappa shape index (κ3) is 4.35. The van der Waals surface area contributed by atoms with Crippen molar-refractivity contribution in [3.05, 3.63) is 106 Å². The number of halogens is 5. The van der Waals surface area contributed by atoms with Gasteiger partial charge in [-0.2, -0.15) is 18.3 Å². The van der Waals surface area contributed by atoms with Crippen LogP contribution in [0, 0.1) is 23.1 Å². The van der Waals surface area contributed by atoms with E-state index < -0.39 is 23.4 Å². The zero-order chi connectivity index (χ0) is 28.5. The first-order valence-corrected chi connectivity index (χ1v) is 14.0. The lowest BCUT2D eigenvalue weighted by molar-refractivity contribution is -0.187. The first-order chi connectivity index (χ1) is 19.6. The second-order valence-corrected chi connectivity index (χ2v) is 11.8. The minimum Gasteiger partial charge on any atom is -0.440 e. The van der Waals surface area contributed by atoms with Crippen molar-refractivity contribution in [1.82, 2.24) is 14.8 Å². The van der Waals surface area contributed by atoms with Gasteiger partial charge in [-0.1, -0.05) is 35.7 Å². The van der Waals surface area contributed by atoms with Crippen molar-refractivity contribution in [1.29, 1.82) is 0 Å². The van der Waals surface area contributed by atoms with Crippen LogP contribution in [-0.2, 0) is 6.42 Å². The summed E-state index contributed by atoms with van der Waals surface area (Å²) in [4.78, 5) is 4.42. The van der Waals surface area contributed by atoms with Gasteiger partial charge >= 0.3 is 6.18 Å². The van der Waals surface area contributed by atoms with E-state index >= 15 is 0 Å². The van der Waals surface area contributed by atoms with Crippen LogP contribution in [-0.4, -0.2) is 20.9 Å². The highest BCUT2D eigenvalue weighted by molar-refractivity contribution is 6.30. The molecule has 41 heavy (non-hydrogen) atoms. The van der Waals surface area contributed by atoms with E-state index in [0.717, 1.165) is 22.5 Å². The van der Waals surface area contributed by atoms with E-state index in [0.29, 0.717) is 35.6 Å². The van der Waals surface area contributed by atoms with Crippen molar-refractivity contribution in [3.63, 3.8) is 0 Å². The standard InChI is InChI=1S/C32H26ClF4N3O/c1-31-15-19-16-39-40(23-9-7-22(34)8-10-23)27(19)14-20(31)4-11-24-25(31)12-13-26(32(35,36)37)29(24)30-38-17-28(41-30)18-2-5-21(33)6-3-18/h2-3,5-10,12,14,16-17,24,26,29H,4,11,13,15H2,1H3/t24-,26+,29+,31-/m0/s1. The van der Waals surface area contributed by atoms with Gasteiger partial charge in [-0.3, -0.25) is 0 Å². The molecular weight excluding hydrogens is 554 g/mol. The second kappa shape index (κ2) is 9.44. The summed E-state index contributed by atoms with van der Waals surface area (Å²) in [6, 6.07) is 13.1. The largest absolute Gasteiger partial charge is 0.440 e. The summed E-state index contributed by atoms with van der Waals surface area (Å²) in [5.41, 5.74) is 5.17. The van der Waals surface area contributed by atoms with Crippen molar-refractivity contribution in [2.45, 2.75) is 44.7 Å². The van der Waals surface area contributed by atoms with E-state index in [1.807, 2.05) is 12.3 Å². The van der Waals surface area contributed by atoms with Gasteiger partial charge in [0.2, 0.25) is 0 Å². The van der Waals surface area contributed by atoms with Crippen molar-refractivity contribution in [2.24, 2.45) is 17.3 Å². The highest BCUT2D eigenvalue weighted by atomic mass is 35.5. The van der Waals surface area contributed by atoms with Crippen LogP contribution in [0.1, 0.15) is 49.3 Å². The minimum atomic E-state index is -4.39. The number of benzene rings is 2. The van der Waals surface area contributed by atoms with Crippen LogP contribution in [0.15, 0.2) is 82.6 Å². The maximum Gasteiger partial charge on any atom is 0.392 e. The van der Waals surface area contributed by atoms with Crippen LogP contribution in [0.4, 0.5) is 17.6 Å². The number of oxazole rings is 1. The van der Waals surface area contributed by atoms with Crippen LogP contribution < -0.4 is 0 Å². The Morgan fingerprint density at radius 1 is 1.05 bits per heavy atom. The predicted octanol–water partition coefficient (Wildman–Crippen LogP) is 8.97. The molecule has 4 nitrogen and oxygen atoms in total. The fraction of sp³-hybridized carbons (Fsp3) is 0.312. The number of allylic oxidation sites excluding steroid dienone is 3. The molecule has 0 radical (unpaired) electrons. The molecule has 210 valence electrons. The van der Waals surface area contributed by atoms with E-state index in [1.165, 1.54) is 23.9 Å². The van der Waals surface area contributed by atoms with Gasteiger partial charge in [0.15, 0.2) is 11.7 Å². The lowest BCUT2D eigenvalue weighted by Crippen LogP contribution is -2.44. The van der Waals surface area contributed by atoms with Gasteiger partial charge in [0.25, 0.3) is 0 Å². The molecule has 4 aromatic rings. The van der Waals surface area contributed by atoms with Gasteiger partial charge < -0.3 is 4.42 Å². The zero-order valence-electron chi connectivity index (χ0n) is 22.1. The molecule has 1 fully saturated rings. The van der Waals surface area contributed by atoms with Crippen molar-refractivity contribution in [3.8, 4) is 17.0 Å². The predicted molar refractivity (Wildman–Crippen MR) is 148 cm³/mol. The van der Waals surface area contributed by atoms with Crippen molar-refractivity contribution >= 4 is 17.7 Å². The Bertz CT molecular complexity index is 1680. The molecule has 2 aromatic carbocycles. The molecule has 4 atom stereocenters. The molecule has 3 aliphatic carbocycles. The molecule has 9 heteroatoms. The number of aromatic nitrogens is 3. The second-order valence-electron chi connectivity index (χ2n) is 11.4. The molecule has 0 unspecified atom stereocenters. The minimum absolute atomic E-state index is 0.122. The Morgan fingerprint density at radius 2 is 1.80 bits per heavy atom. The lowest BCUT2D eigenvalue weighted by Gasteiger charge is -2.50. The first kappa shape index (κ1) is 26.3. The third-order valence-electron chi connectivity index (χ3n) is 9.10. The monoisotopic (exact) mass is 579 g/mol. The van der Waals surface area contributed by atoms with E-state index in [9.17, 15) is 17.6 Å². The summed E-state index contributed by atoms with van der Waals surface area (Å²) < 4.78 is 64.8. The van der Waals surface area contributed by atoms with Crippen LogP contribution in [0.25, 0.3) is 23.1 Å². The van der Waals surface area contributed by atoms with E-state index in [1.54, 1.807) is 41.1 Å². The Hall–Kier alpha value is -3.65. The van der Waals surface area contributed by atoms with Crippen molar-refractivity contribution < 1.29 is 22.0 Å². The molecule has 0 N–H and O–H groups in total. The summed E-state index contributed by atoms with van der Waals surface area (Å²) in [5.74, 6) is -2.62. The summed E-state index contributed by atoms with van der Waals surface area (Å²) >= 11 is 6.01. The quantitative estimate of drug-likeness (QED) is 0.180. The van der Waals surface area contributed by atoms with Gasteiger partial charge in [0.1, 0.15) is 5.82 Å². The smallest absolute Gasteiger partial charge is 0.392 e. The van der Waals surface area contributed by atoms with Gasteiger partial charge in [0.05, 0.1) is 35.6 Å². The Kier molecular flexibility index (Phi) is 6.05. The summed E-state index contributed by atoms with van der Waals surface area (Å²) in [5, 5.41) is 5.14. The van der Waals surface area contributed by atoms with Crippen LogP contribution in [0.3, 0.4) is 0 Å². The Morgan fingerprint density at radius 3 is 2.54 bits per heavy atom. The maximum absolute atomic E-state index is 14.5. The molecule has 7 rings (SSSR count). The molecule has 2 aromatic heterocycles. The van der Waals surface area contributed by atoms with Gasteiger partial charge in [-0.05, 0) is 91.8 Å². The molecule has 0 bridgehead atoms. The Labute approximate surface area is 239 Å². The van der Waals surface area contributed by atoms with E-state index in [4.69, 9.17) is 16.0 Å². The molecule has 0 spiro atoms. The van der Waals surface area contributed by atoms with Crippen LogP contribution in [0.5, 0.6) is 0 Å². The molecule has 0 aliphatic heterocycles. The first-order valence-electron chi connectivity index (χ1n) is 13.6. The molecule has 1 saturated carbocycles. The zero-order valence-corrected chi connectivity index (χ0v) is 22.9. The number of rotatable bonds is 3. The summed E-state index contributed by atoms with van der Waals surface area (Å²) in [7, 11) is 0. The molecular formula is C32H26ClF4N3O. The molecule has 0 amide bonds. The Balaban J connectivity index is 1.26. The lowest BCUT2D eigenvalue weighted by atomic mass is 9.54. The number of alkyl halides is 3. The fourth-order valence-corrected chi connectivity index (χ4v) is 7.23. The number of hydrogen-bond acceptors (Lipinski definition) is 3. The summed E-state index contributed by atoms with van der Waals surface area (Å²) in [6.07, 6.45) is 4.59. The van der Waals surface area contributed by atoms with Gasteiger partial charge in [-0.25, -0.2) is 14.1 Å². The molecule has 0 saturated heterocycles. The van der Waals surface area contributed by atoms with Gasteiger partial charge in [-0.15, -0.1) is 0 Å². The number of fused-ring (bicyclic) bond motifs is 4. The van der Waals surface area contributed by atoms with E-state index in [2.05, 4.69) is 23.1 Å². The van der Waals surface area contributed by atoms with Crippen molar-refractivity contribution in [2.75, 3.05) is 0 Å². The van der Waals surface area contributed by atoms with Gasteiger partial charge in [0, 0.05) is 16.0 Å². The number of hydrogen-bond donors (Lipinski definition) is 0. The SMILES string of the molecule is C[C@]12Cc3cnn(-c4ccc(F)cc4)c3C=C1CC[C@H]1C2=CC[C@@H](C(F)(F)F)[C@@H]1c1ncc(-c2ccc(Cl)cc2)o1. The normalized spacial score (nSPS) is 25.6. The highest BCUT2D eigenvalue weighted by Gasteiger charge is 2.56.